The zero-order chi connectivity index (χ0) is 16.1. The van der Waals surface area contributed by atoms with Crippen LogP contribution in [0.15, 0.2) is 42.5 Å². The first-order chi connectivity index (χ1) is 10.5. The van der Waals surface area contributed by atoms with E-state index in [1.54, 1.807) is 30.3 Å². The van der Waals surface area contributed by atoms with Crippen molar-refractivity contribution in [2.45, 2.75) is 26.7 Å². The highest BCUT2D eigenvalue weighted by Crippen LogP contribution is 2.20. The number of carbonyl (C=O) groups is 2. The summed E-state index contributed by atoms with van der Waals surface area (Å²) in [4.78, 5) is 24.0. The minimum Gasteiger partial charge on any atom is -0.325 e. The standard InChI is InChI=1S/C18H18ClNO2/c1-12-7-8-14(11-13(12)2)17(21)9-10-18(22)20-16-6-4-3-5-15(16)19/h3-8,11H,9-10H2,1-2H3,(H,20,22). The van der Waals surface area contributed by atoms with E-state index in [1.807, 2.05) is 26.0 Å². The molecule has 0 aliphatic carbocycles. The van der Waals surface area contributed by atoms with E-state index in [9.17, 15) is 9.59 Å². The molecule has 0 aromatic heterocycles. The Morgan fingerprint density at radius 2 is 1.73 bits per heavy atom. The predicted molar refractivity (Wildman–Crippen MR) is 89.6 cm³/mol. The molecule has 0 radical (unpaired) electrons. The number of ketones is 1. The smallest absolute Gasteiger partial charge is 0.224 e. The van der Waals surface area contributed by atoms with Crippen LogP contribution in [0.2, 0.25) is 5.02 Å². The average molecular weight is 316 g/mol. The summed E-state index contributed by atoms with van der Waals surface area (Å²) in [5, 5.41) is 3.20. The summed E-state index contributed by atoms with van der Waals surface area (Å²) < 4.78 is 0. The van der Waals surface area contributed by atoms with Gasteiger partial charge in [-0.05, 0) is 43.2 Å². The van der Waals surface area contributed by atoms with Gasteiger partial charge in [0.15, 0.2) is 5.78 Å². The van der Waals surface area contributed by atoms with Crippen LogP contribution >= 0.6 is 11.6 Å². The summed E-state index contributed by atoms with van der Waals surface area (Å²) in [6.07, 6.45) is 0.315. The number of carbonyl (C=O) groups excluding carboxylic acids is 2. The number of nitrogens with one attached hydrogen (secondary N) is 1. The summed E-state index contributed by atoms with van der Waals surface area (Å²) in [7, 11) is 0. The number of rotatable bonds is 5. The molecule has 0 fully saturated rings. The van der Waals surface area contributed by atoms with Gasteiger partial charge in [-0.25, -0.2) is 0 Å². The SMILES string of the molecule is Cc1ccc(C(=O)CCC(=O)Nc2ccccc2Cl)cc1C. The first kappa shape index (κ1) is 16.2. The molecule has 2 aromatic rings. The molecule has 1 N–H and O–H groups in total. The number of amides is 1. The fraction of sp³-hybridized carbons (Fsp3) is 0.222. The van der Waals surface area contributed by atoms with Gasteiger partial charge in [0.05, 0.1) is 10.7 Å². The molecule has 2 aromatic carbocycles. The lowest BCUT2D eigenvalue weighted by Gasteiger charge is -2.07. The zero-order valence-corrected chi connectivity index (χ0v) is 13.4. The van der Waals surface area contributed by atoms with Crippen molar-refractivity contribution in [2.75, 3.05) is 5.32 Å². The monoisotopic (exact) mass is 315 g/mol. The Morgan fingerprint density at radius 1 is 1.00 bits per heavy atom. The van der Waals surface area contributed by atoms with Gasteiger partial charge in [0.2, 0.25) is 5.91 Å². The van der Waals surface area contributed by atoms with Crippen LogP contribution in [0.1, 0.15) is 34.3 Å². The Labute approximate surface area is 135 Å². The van der Waals surface area contributed by atoms with E-state index in [-0.39, 0.29) is 24.5 Å². The van der Waals surface area contributed by atoms with Crippen molar-refractivity contribution in [3.8, 4) is 0 Å². The van der Waals surface area contributed by atoms with E-state index in [2.05, 4.69) is 5.32 Å². The first-order valence-electron chi connectivity index (χ1n) is 7.12. The van der Waals surface area contributed by atoms with Crippen LogP contribution in [-0.4, -0.2) is 11.7 Å². The highest BCUT2D eigenvalue weighted by molar-refractivity contribution is 6.33. The Bertz CT molecular complexity index is 710. The molecule has 0 aliphatic rings. The van der Waals surface area contributed by atoms with Gasteiger partial charge in [0.1, 0.15) is 0 Å². The molecule has 0 atom stereocenters. The average Bonchev–Trinajstić information content (AvgIpc) is 2.50. The Hall–Kier alpha value is -2.13. The molecule has 1 amide bonds. The van der Waals surface area contributed by atoms with E-state index < -0.39 is 0 Å². The second kappa shape index (κ2) is 7.23. The second-order valence-corrected chi connectivity index (χ2v) is 5.66. The summed E-state index contributed by atoms with van der Waals surface area (Å²) in [6, 6.07) is 12.6. The van der Waals surface area contributed by atoms with Crippen molar-refractivity contribution in [1.82, 2.24) is 0 Å². The molecule has 0 spiro atoms. The molecule has 0 unspecified atom stereocenters. The molecule has 0 aliphatic heterocycles. The minimum atomic E-state index is -0.217. The van der Waals surface area contributed by atoms with E-state index in [0.29, 0.717) is 16.3 Å². The van der Waals surface area contributed by atoms with Crippen molar-refractivity contribution in [1.29, 1.82) is 0 Å². The Kier molecular flexibility index (Phi) is 5.34. The van der Waals surface area contributed by atoms with Crippen molar-refractivity contribution in [3.63, 3.8) is 0 Å². The zero-order valence-electron chi connectivity index (χ0n) is 12.7. The molecule has 0 saturated heterocycles. The second-order valence-electron chi connectivity index (χ2n) is 5.25. The third-order valence-electron chi connectivity index (χ3n) is 3.56. The van der Waals surface area contributed by atoms with Gasteiger partial charge in [-0.3, -0.25) is 9.59 Å². The highest BCUT2D eigenvalue weighted by Gasteiger charge is 2.11. The molecular formula is C18H18ClNO2. The fourth-order valence-corrected chi connectivity index (χ4v) is 2.24. The van der Waals surface area contributed by atoms with E-state index in [4.69, 9.17) is 11.6 Å². The predicted octanol–water partition coefficient (Wildman–Crippen LogP) is 4.56. The Morgan fingerprint density at radius 3 is 2.41 bits per heavy atom. The number of benzene rings is 2. The maximum atomic E-state index is 12.1. The molecule has 4 heteroatoms. The summed E-state index contributed by atoms with van der Waals surface area (Å²) >= 11 is 5.98. The fourth-order valence-electron chi connectivity index (χ4n) is 2.06. The van der Waals surface area contributed by atoms with Gasteiger partial charge in [0.25, 0.3) is 0 Å². The third-order valence-corrected chi connectivity index (χ3v) is 3.89. The van der Waals surface area contributed by atoms with E-state index >= 15 is 0 Å². The molecular weight excluding hydrogens is 298 g/mol. The van der Waals surface area contributed by atoms with Crippen LogP contribution in [0.3, 0.4) is 0 Å². The van der Waals surface area contributed by atoms with Gasteiger partial charge in [-0.2, -0.15) is 0 Å². The molecule has 22 heavy (non-hydrogen) atoms. The molecule has 114 valence electrons. The van der Waals surface area contributed by atoms with Gasteiger partial charge in [-0.15, -0.1) is 0 Å². The number of anilines is 1. The van der Waals surface area contributed by atoms with Crippen molar-refractivity contribution in [2.24, 2.45) is 0 Å². The number of halogens is 1. The summed E-state index contributed by atoms with van der Waals surface area (Å²) in [5.74, 6) is -0.248. The summed E-state index contributed by atoms with van der Waals surface area (Å²) in [5.41, 5.74) is 3.43. The topological polar surface area (TPSA) is 46.2 Å². The molecule has 0 saturated carbocycles. The first-order valence-corrected chi connectivity index (χ1v) is 7.50. The minimum absolute atomic E-state index is 0.0302. The van der Waals surface area contributed by atoms with Crippen LogP contribution < -0.4 is 5.32 Å². The van der Waals surface area contributed by atoms with Crippen molar-refractivity contribution >= 4 is 29.0 Å². The number of aryl methyl sites for hydroxylation is 2. The maximum Gasteiger partial charge on any atom is 0.224 e. The van der Waals surface area contributed by atoms with Gasteiger partial charge in [-0.1, -0.05) is 35.9 Å². The number of hydrogen-bond donors (Lipinski definition) is 1. The van der Waals surface area contributed by atoms with Gasteiger partial charge < -0.3 is 5.32 Å². The lowest BCUT2D eigenvalue weighted by molar-refractivity contribution is -0.116. The lowest BCUT2D eigenvalue weighted by atomic mass is 10.0. The molecule has 3 nitrogen and oxygen atoms in total. The summed E-state index contributed by atoms with van der Waals surface area (Å²) in [6.45, 7) is 3.97. The quantitative estimate of drug-likeness (QED) is 0.822. The normalized spacial score (nSPS) is 10.3. The van der Waals surface area contributed by atoms with Crippen LogP contribution in [0, 0.1) is 13.8 Å². The number of hydrogen-bond acceptors (Lipinski definition) is 2. The van der Waals surface area contributed by atoms with Crippen LogP contribution in [0.5, 0.6) is 0 Å². The van der Waals surface area contributed by atoms with Crippen LogP contribution in [-0.2, 0) is 4.79 Å². The number of para-hydroxylation sites is 1. The Balaban J connectivity index is 1.92. The highest BCUT2D eigenvalue weighted by atomic mass is 35.5. The van der Waals surface area contributed by atoms with Crippen LogP contribution in [0.25, 0.3) is 0 Å². The largest absolute Gasteiger partial charge is 0.325 e. The maximum absolute atomic E-state index is 12.1. The molecule has 2 rings (SSSR count). The van der Waals surface area contributed by atoms with Crippen molar-refractivity contribution in [3.05, 3.63) is 64.2 Å². The molecule has 0 heterocycles. The van der Waals surface area contributed by atoms with Crippen LogP contribution in [0.4, 0.5) is 5.69 Å². The van der Waals surface area contributed by atoms with Gasteiger partial charge in [0, 0.05) is 18.4 Å². The van der Waals surface area contributed by atoms with E-state index in [0.717, 1.165) is 11.1 Å². The van der Waals surface area contributed by atoms with E-state index in [1.165, 1.54) is 0 Å². The third kappa shape index (κ3) is 4.18. The van der Waals surface area contributed by atoms with Gasteiger partial charge >= 0.3 is 0 Å². The lowest BCUT2D eigenvalue weighted by Crippen LogP contribution is -2.13. The molecule has 0 bridgehead atoms. The van der Waals surface area contributed by atoms with Crippen molar-refractivity contribution < 1.29 is 9.59 Å². The number of Topliss-reactive ketones (excluding diaryl/α,β-unsaturated/α-hetero) is 1.